The maximum absolute atomic E-state index is 6.05. The van der Waals surface area contributed by atoms with Gasteiger partial charge in [-0.25, -0.2) is 15.0 Å². The molecular formula is C17H15N7. The summed E-state index contributed by atoms with van der Waals surface area (Å²) in [5, 5.41) is 0.992. The van der Waals surface area contributed by atoms with E-state index in [4.69, 9.17) is 16.5 Å². The number of benzene rings is 1. The van der Waals surface area contributed by atoms with Gasteiger partial charge in [-0.1, -0.05) is 18.2 Å². The first-order valence-electron chi connectivity index (χ1n) is 7.88. The number of pyridine rings is 1. The molecule has 3 heterocycles. The van der Waals surface area contributed by atoms with E-state index in [1.54, 1.807) is 0 Å². The Morgan fingerprint density at radius 3 is 2.67 bits per heavy atom. The maximum Gasteiger partial charge on any atom is 0.200 e. The number of H-pyrrole nitrogens is 1. The molecule has 7 nitrogen and oxygen atoms in total. The molecule has 0 aliphatic heterocycles. The summed E-state index contributed by atoms with van der Waals surface area (Å²) in [6, 6.07) is 9.63. The minimum absolute atomic E-state index is 0.356. The highest BCUT2D eigenvalue weighted by Crippen LogP contribution is 2.42. The van der Waals surface area contributed by atoms with E-state index in [1.807, 2.05) is 30.3 Å². The Bertz CT molecular complexity index is 1090. The number of nitrogens with zero attached hydrogens (tertiary/aromatic N) is 4. The molecule has 3 aromatic heterocycles. The first-order valence-corrected chi connectivity index (χ1v) is 7.88. The van der Waals surface area contributed by atoms with Gasteiger partial charge >= 0.3 is 0 Å². The lowest BCUT2D eigenvalue weighted by molar-refractivity contribution is 1.01. The molecule has 0 bridgehead atoms. The van der Waals surface area contributed by atoms with E-state index in [0.717, 1.165) is 35.0 Å². The van der Waals surface area contributed by atoms with Crippen molar-refractivity contribution < 1.29 is 0 Å². The van der Waals surface area contributed by atoms with Crippen molar-refractivity contribution in [2.45, 2.75) is 18.8 Å². The summed E-state index contributed by atoms with van der Waals surface area (Å²) in [6.07, 6.45) is 2.26. The molecule has 118 valence electrons. The van der Waals surface area contributed by atoms with E-state index in [1.165, 1.54) is 0 Å². The molecule has 0 saturated heterocycles. The van der Waals surface area contributed by atoms with Gasteiger partial charge in [0.05, 0.1) is 16.9 Å². The summed E-state index contributed by atoms with van der Waals surface area (Å²) < 4.78 is 0. The van der Waals surface area contributed by atoms with E-state index in [2.05, 4.69) is 19.9 Å². The Morgan fingerprint density at radius 1 is 0.958 bits per heavy atom. The minimum atomic E-state index is 0.356. The summed E-state index contributed by atoms with van der Waals surface area (Å²) in [5.74, 6) is 1.36. The molecule has 1 aliphatic carbocycles. The predicted molar refractivity (Wildman–Crippen MR) is 93.2 cm³/mol. The van der Waals surface area contributed by atoms with Crippen LogP contribution in [0.2, 0.25) is 0 Å². The second-order valence-electron chi connectivity index (χ2n) is 6.14. The quantitative estimate of drug-likeness (QED) is 0.489. The van der Waals surface area contributed by atoms with Gasteiger partial charge in [-0.3, -0.25) is 0 Å². The molecule has 0 radical (unpaired) electrons. The van der Waals surface area contributed by atoms with Crippen molar-refractivity contribution in [1.82, 2.24) is 24.9 Å². The van der Waals surface area contributed by atoms with Gasteiger partial charge in [0.15, 0.2) is 17.4 Å². The summed E-state index contributed by atoms with van der Waals surface area (Å²) in [6.45, 7) is 0. The number of imidazole rings is 1. The van der Waals surface area contributed by atoms with Crippen LogP contribution in [0, 0.1) is 0 Å². The number of rotatable bonds is 2. The molecule has 1 aliphatic rings. The first kappa shape index (κ1) is 13.2. The highest BCUT2D eigenvalue weighted by molar-refractivity contribution is 5.90. The summed E-state index contributed by atoms with van der Waals surface area (Å²) in [7, 11) is 0. The molecule has 1 aromatic carbocycles. The summed E-state index contributed by atoms with van der Waals surface area (Å²) in [4.78, 5) is 21.3. The molecule has 0 spiro atoms. The van der Waals surface area contributed by atoms with Gasteiger partial charge in [-0.05, 0) is 25.0 Å². The molecule has 1 fully saturated rings. The van der Waals surface area contributed by atoms with Gasteiger partial charge < -0.3 is 16.5 Å². The van der Waals surface area contributed by atoms with Crippen LogP contribution in [0.15, 0.2) is 30.3 Å². The number of hydrogen-bond donors (Lipinski definition) is 3. The van der Waals surface area contributed by atoms with Crippen LogP contribution in [0.1, 0.15) is 24.5 Å². The summed E-state index contributed by atoms with van der Waals surface area (Å²) in [5.41, 5.74) is 16.3. The third kappa shape index (κ3) is 1.98. The lowest BCUT2D eigenvalue weighted by Gasteiger charge is -2.06. The molecule has 0 atom stereocenters. The standard InChI is InChI=1S/C17H15N7/c18-10-3-1-2-8-6-7-11(20-12(8)10)15-21-13(9-4-5-9)14-16(23-15)24-17(19)22-14/h1-3,6-7,9H,4-5,18H2,(H3,19,21,22,23,24). The van der Waals surface area contributed by atoms with Crippen molar-refractivity contribution in [3.05, 3.63) is 36.0 Å². The number of aromatic nitrogens is 5. The molecule has 1 saturated carbocycles. The predicted octanol–water partition coefficient (Wildman–Crippen LogP) is 2.61. The van der Waals surface area contributed by atoms with Gasteiger partial charge in [0.1, 0.15) is 11.2 Å². The normalized spacial score (nSPS) is 14.5. The third-order valence-electron chi connectivity index (χ3n) is 4.34. The largest absolute Gasteiger partial charge is 0.397 e. The van der Waals surface area contributed by atoms with Crippen molar-refractivity contribution in [3.8, 4) is 11.5 Å². The first-order chi connectivity index (χ1) is 11.7. The molecular weight excluding hydrogens is 302 g/mol. The highest BCUT2D eigenvalue weighted by atomic mass is 15.1. The average molecular weight is 317 g/mol. The molecule has 5 rings (SSSR count). The average Bonchev–Trinajstić information content (AvgIpc) is 3.35. The number of hydrogen-bond acceptors (Lipinski definition) is 6. The van der Waals surface area contributed by atoms with Crippen molar-refractivity contribution in [2.24, 2.45) is 0 Å². The lowest BCUT2D eigenvalue weighted by atomic mass is 10.1. The topological polar surface area (TPSA) is 119 Å². The zero-order chi connectivity index (χ0) is 16.3. The van der Waals surface area contributed by atoms with E-state index in [0.29, 0.717) is 34.7 Å². The SMILES string of the molecule is Nc1nc2nc(-c3ccc4cccc(N)c4n3)nc(C3CC3)c2[nH]1. The van der Waals surface area contributed by atoms with Crippen LogP contribution in [-0.4, -0.2) is 24.9 Å². The number of nitrogens with one attached hydrogen (secondary N) is 1. The van der Waals surface area contributed by atoms with Crippen LogP contribution < -0.4 is 11.5 Å². The van der Waals surface area contributed by atoms with Crippen molar-refractivity contribution in [2.75, 3.05) is 11.5 Å². The number of fused-ring (bicyclic) bond motifs is 2. The van der Waals surface area contributed by atoms with Crippen molar-refractivity contribution in [3.63, 3.8) is 0 Å². The smallest absolute Gasteiger partial charge is 0.200 e. The highest BCUT2D eigenvalue weighted by Gasteiger charge is 2.29. The number of anilines is 2. The third-order valence-corrected chi connectivity index (χ3v) is 4.34. The van der Waals surface area contributed by atoms with Gasteiger partial charge in [0.25, 0.3) is 0 Å². The zero-order valence-electron chi connectivity index (χ0n) is 12.8. The van der Waals surface area contributed by atoms with Crippen LogP contribution in [0.4, 0.5) is 11.6 Å². The second-order valence-corrected chi connectivity index (χ2v) is 6.14. The molecule has 7 heteroatoms. The Morgan fingerprint density at radius 2 is 1.83 bits per heavy atom. The minimum Gasteiger partial charge on any atom is -0.397 e. The van der Waals surface area contributed by atoms with Gasteiger partial charge in [0, 0.05) is 11.3 Å². The number of nitrogen functional groups attached to an aromatic ring is 2. The summed E-state index contributed by atoms with van der Waals surface area (Å²) >= 11 is 0. The van der Waals surface area contributed by atoms with E-state index >= 15 is 0 Å². The number of nitrogens with two attached hydrogens (primary N) is 2. The fourth-order valence-corrected chi connectivity index (χ4v) is 3.00. The molecule has 24 heavy (non-hydrogen) atoms. The van der Waals surface area contributed by atoms with E-state index < -0.39 is 0 Å². The van der Waals surface area contributed by atoms with Gasteiger partial charge in [-0.15, -0.1) is 0 Å². The molecule has 0 unspecified atom stereocenters. The number of aromatic amines is 1. The zero-order valence-corrected chi connectivity index (χ0v) is 12.8. The van der Waals surface area contributed by atoms with Crippen LogP contribution >= 0.6 is 0 Å². The fourth-order valence-electron chi connectivity index (χ4n) is 3.00. The second kappa shape index (κ2) is 4.64. The monoisotopic (exact) mass is 317 g/mol. The van der Waals surface area contributed by atoms with Crippen LogP contribution in [0.5, 0.6) is 0 Å². The molecule has 4 aromatic rings. The molecule has 5 N–H and O–H groups in total. The van der Waals surface area contributed by atoms with Gasteiger partial charge in [0.2, 0.25) is 0 Å². The van der Waals surface area contributed by atoms with Crippen LogP contribution in [0.25, 0.3) is 33.6 Å². The van der Waals surface area contributed by atoms with Crippen molar-refractivity contribution >= 4 is 33.7 Å². The number of para-hydroxylation sites is 1. The Kier molecular flexibility index (Phi) is 2.56. The van der Waals surface area contributed by atoms with E-state index in [-0.39, 0.29) is 0 Å². The van der Waals surface area contributed by atoms with Crippen molar-refractivity contribution in [1.29, 1.82) is 0 Å². The Balaban J connectivity index is 1.75. The molecule has 0 amide bonds. The fraction of sp³-hybridized carbons (Fsp3) is 0.176. The van der Waals surface area contributed by atoms with E-state index in [9.17, 15) is 0 Å². The Labute approximate surface area is 137 Å². The van der Waals surface area contributed by atoms with Crippen LogP contribution in [0.3, 0.4) is 0 Å². The van der Waals surface area contributed by atoms with Gasteiger partial charge in [-0.2, -0.15) is 4.98 Å². The maximum atomic E-state index is 6.05. The van der Waals surface area contributed by atoms with Crippen LogP contribution in [-0.2, 0) is 0 Å². The Hall–Kier alpha value is -3.22. The lowest BCUT2D eigenvalue weighted by Crippen LogP contribution is -1.99.